The van der Waals surface area contributed by atoms with Gasteiger partial charge in [0.1, 0.15) is 0 Å². The average molecular weight is 154 g/mol. The summed E-state index contributed by atoms with van der Waals surface area (Å²) in [5.41, 5.74) is 0. The Labute approximate surface area is 69.0 Å². The Bertz CT molecular complexity index is 132. The molecule has 0 radical (unpaired) electrons. The molecule has 2 unspecified atom stereocenters. The normalized spacial score (nSPS) is 38.5. The fourth-order valence-corrected chi connectivity index (χ4v) is 2.31. The smallest absolute Gasteiger partial charge is 0.00388 e. The van der Waals surface area contributed by atoms with Crippen molar-refractivity contribution >= 4 is 0 Å². The minimum absolute atomic E-state index is 0.751. The number of nitrogens with zero attached hydrogens (tertiary/aromatic N) is 1. The van der Waals surface area contributed by atoms with E-state index >= 15 is 0 Å². The summed E-state index contributed by atoms with van der Waals surface area (Å²) in [6, 6.07) is 0.751. The summed E-state index contributed by atoms with van der Waals surface area (Å²) in [6.45, 7) is 9.77. The first kappa shape index (κ1) is 7.56. The molecule has 64 valence electrons. The van der Waals surface area contributed by atoms with E-state index in [1.165, 1.54) is 26.2 Å². The van der Waals surface area contributed by atoms with Gasteiger partial charge < -0.3 is 10.2 Å². The van der Waals surface area contributed by atoms with Crippen molar-refractivity contribution in [3.8, 4) is 0 Å². The highest BCUT2D eigenvalue weighted by Crippen LogP contribution is 2.27. The van der Waals surface area contributed by atoms with Crippen molar-refractivity contribution in [2.24, 2.45) is 11.8 Å². The van der Waals surface area contributed by atoms with E-state index in [2.05, 4.69) is 24.1 Å². The first-order chi connectivity index (χ1) is 5.27. The van der Waals surface area contributed by atoms with Crippen LogP contribution in [0.15, 0.2) is 0 Å². The Balaban J connectivity index is 1.94. The fourth-order valence-electron chi connectivity index (χ4n) is 2.31. The predicted octanol–water partition coefficient (Wildman–Crippen LogP) is 0.546. The van der Waals surface area contributed by atoms with Crippen LogP contribution >= 0.6 is 0 Å². The summed E-state index contributed by atoms with van der Waals surface area (Å²) in [7, 11) is 0. The molecule has 2 heteroatoms. The number of hydrogen-bond donors (Lipinski definition) is 1. The zero-order valence-corrected chi connectivity index (χ0v) is 7.51. The van der Waals surface area contributed by atoms with E-state index in [1.807, 2.05) is 0 Å². The van der Waals surface area contributed by atoms with Crippen LogP contribution in [0.5, 0.6) is 0 Å². The third-order valence-electron chi connectivity index (χ3n) is 3.15. The van der Waals surface area contributed by atoms with Crippen LogP contribution in [0.25, 0.3) is 0 Å². The monoisotopic (exact) mass is 154 g/mol. The lowest BCUT2D eigenvalue weighted by molar-refractivity contribution is 0.256. The number of likely N-dealkylation sites (tertiary alicyclic amines) is 1. The largest absolute Gasteiger partial charge is 0.316 e. The SMILES string of the molecule is CC(C)N1CC2CNCC2C1. The van der Waals surface area contributed by atoms with E-state index in [-0.39, 0.29) is 0 Å². The second kappa shape index (κ2) is 2.76. The quantitative estimate of drug-likeness (QED) is 0.593. The van der Waals surface area contributed by atoms with Crippen LogP contribution in [0.3, 0.4) is 0 Å². The highest BCUT2D eigenvalue weighted by molar-refractivity contribution is 4.91. The highest BCUT2D eigenvalue weighted by atomic mass is 15.2. The summed E-state index contributed by atoms with van der Waals surface area (Å²) in [4.78, 5) is 2.61. The molecule has 1 N–H and O–H groups in total. The first-order valence-electron chi connectivity index (χ1n) is 4.72. The number of hydrogen-bond acceptors (Lipinski definition) is 2. The minimum Gasteiger partial charge on any atom is -0.316 e. The molecule has 2 aliphatic rings. The second-order valence-electron chi connectivity index (χ2n) is 4.23. The third kappa shape index (κ3) is 1.30. The van der Waals surface area contributed by atoms with Crippen LogP contribution in [0, 0.1) is 11.8 Å². The molecule has 0 bridgehead atoms. The zero-order chi connectivity index (χ0) is 7.84. The molecule has 2 aliphatic heterocycles. The number of nitrogens with one attached hydrogen (secondary N) is 1. The third-order valence-corrected chi connectivity index (χ3v) is 3.15. The molecule has 0 spiro atoms. The zero-order valence-electron chi connectivity index (χ0n) is 7.51. The van der Waals surface area contributed by atoms with E-state index in [9.17, 15) is 0 Å². The Hall–Kier alpha value is -0.0800. The molecule has 0 amide bonds. The van der Waals surface area contributed by atoms with Gasteiger partial charge in [-0.3, -0.25) is 0 Å². The van der Waals surface area contributed by atoms with E-state index in [1.54, 1.807) is 0 Å². The molecule has 2 saturated heterocycles. The van der Waals surface area contributed by atoms with Crippen LogP contribution < -0.4 is 5.32 Å². The molecule has 0 saturated carbocycles. The second-order valence-corrected chi connectivity index (χ2v) is 4.23. The van der Waals surface area contributed by atoms with Gasteiger partial charge in [0.15, 0.2) is 0 Å². The first-order valence-corrected chi connectivity index (χ1v) is 4.72. The van der Waals surface area contributed by atoms with Gasteiger partial charge in [0.05, 0.1) is 0 Å². The summed E-state index contributed by atoms with van der Waals surface area (Å²) >= 11 is 0. The Kier molecular flexibility index (Phi) is 1.90. The van der Waals surface area contributed by atoms with Gasteiger partial charge >= 0.3 is 0 Å². The van der Waals surface area contributed by atoms with Crippen LogP contribution in [-0.2, 0) is 0 Å². The number of rotatable bonds is 1. The molecule has 2 atom stereocenters. The maximum absolute atomic E-state index is 3.46. The van der Waals surface area contributed by atoms with Gasteiger partial charge in [-0.2, -0.15) is 0 Å². The van der Waals surface area contributed by atoms with Crippen molar-refractivity contribution < 1.29 is 0 Å². The molecule has 0 aromatic carbocycles. The average Bonchev–Trinajstić information content (AvgIpc) is 2.40. The predicted molar refractivity (Wildman–Crippen MR) is 46.6 cm³/mol. The molecular weight excluding hydrogens is 136 g/mol. The Morgan fingerprint density at radius 1 is 1.18 bits per heavy atom. The molecule has 0 aromatic heterocycles. The van der Waals surface area contributed by atoms with Gasteiger partial charge in [-0.1, -0.05) is 0 Å². The molecule has 2 rings (SSSR count). The summed E-state index contributed by atoms with van der Waals surface area (Å²) in [6.07, 6.45) is 0. The summed E-state index contributed by atoms with van der Waals surface area (Å²) in [5, 5.41) is 3.46. The van der Waals surface area contributed by atoms with Crippen molar-refractivity contribution in [1.82, 2.24) is 10.2 Å². The highest BCUT2D eigenvalue weighted by Gasteiger charge is 2.36. The summed E-state index contributed by atoms with van der Waals surface area (Å²) in [5.74, 6) is 1.91. The van der Waals surface area contributed by atoms with Gasteiger partial charge in [-0.15, -0.1) is 0 Å². The van der Waals surface area contributed by atoms with Crippen molar-refractivity contribution in [2.75, 3.05) is 26.2 Å². The van der Waals surface area contributed by atoms with Crippen molar-refractivity contribution in [1.29, 1.82) is 0 Å². The molecular formula is C9H18N2. The Morgan fingerprint density at radius 2 is 1.73 bits per heavy atom. The molecule has 11 heavy (non-hydrogen) atoms. The van der Waals surface area contributed by atoms with Crippen LogP contribution in [0.4, 0.5) is 0 Å². The standard InChI is InChI=1S/C9H18N2/c1-7(2)11-5-8-3-10-4-9(8)6-11/h7-10H,3-6H2,1-2H3. The summed E-state index contributed by atoms with van der Waals surface area (Å²) < 4.78 is 0. The molecule has 2 fully saturated rings. The van der Waals surface area contributed by atoms with Gasteiger partial charge in [0.2, 0.25) is 0 Å². The number of fused-ring (bicyclic) bond motifs is 1. The van der Waals surface area contributed by atoms with Crippen LogP contribution in [-0.4, -0.2) is 37.1 Å². The molecule has 0 aliphatic carbocycles. The van der Waals surface area contributed by atoms with Gasteiger partial charge in [-0.05, 0) is 38.8 Å². The Morgan fingerprint density at radius 3 is 2.18 bits per heavy atom. The van der Waals surface area contributed by atoms with E-state index in [0.717, 1.165) is 17.9 Å². The lowest BCUT2D eigenvalue weighted by Gasteiger charge is -2.20. The lowest BCUT2D eigenvalue weighted by atomic mass is 10.0. The topological polar surface area (TPSA) is 15.3 Å². The van der Waals surface area contributed by atoms with E-state index in [4.69, 9.17) is 0 Å². The fraction of sp³-hybridized carbons (Fsp3) is 1.00. The molecule has 2 heterocycles. The molecule has 0 aromatic rings. The molecule has 2 nitrogen and oxygen atoms in total. The van der Waals surface area contributed by atoms with E-state index < -0.39 is 0 Å². The van der Waals surface area contributed by atoms with Crippen molar-refractivity contribution in [3.05, 3.63) is 0 Å². The van der Waals surface area contributed by atoms with Crippen LogP contribution in [0.2, 0.25) is 0 Å². The van der Waals surface area contributed by atoms with Gasteiger partial charge in [0, 0.05) is 19.1 Å². The lowest BCUT2D eigenvalue weighted by Crippen LogP contribution is -2.31. The van der Waals surface area contributed by atoms with Gasteiger partial charge in [-0.25, -0.2) is 0 Å². The van der Waals surface area contributed by atoms with Crippen LogP contribution in [0.1, 0.15) is 13.8 Å². The maximum atomic E-state index is 3.46. The van der Waals surface area contributed by atoms with E-state index in [0.29, 0.717) is 0 Å². The van der Waals surface area contributed by atoms with Crippen molar-refractivity contribution in [3.63, 3.8) is 0 Å². The van der Waals surface area contributed by atoms with Gasteiger partial charge in [0.25, 0.3) is 0 Å². The minimum atomic E-state index is 0.751. The maximum Gasteiger partial charge on any atom is 0.00388 e. The van der Waals surface area contributed by atoms with Crippen molar-refractivity contribution in [2.45, 2.75) is 19.9 Å².